The van der Waals surface area contributed by atoms with E-state index in [1.54, 1.807) is 6.33 Å². The predicted molar refractivity (Wildman–Crippen MR) is 72.3 cm³/mol. The Bertz CT molecular complexity index is 333. The first-order chi connectivity index (χ1) is 8.31. The van der Waals surface area contributed by atoms with Crippen LogP contribution in [0.1, 0.15) is 32.0 Å². The average molecular weight is 254 g/mol. The maximum Gasteiger partial charge on any atom is 0.138 e. The number of aromatic nitrogens is 3. The molecule has 4 nitrogen and oxygen atoms in total. The van der Waals surface area contributed by atoms with Gasteiger partial charge in [-0.1, -0.05) is 6.92 Å². The fraction of sp³-hybridized carbons (Fsp3) is 0.833. The SMILES string of the molecule is CCCNC(Cc1ncnn1C)C1CCCS1. The van der Waals surface area contributed by atoms with Crippen LogP contribution in [0.5, 0.6) is 0 Å². The molecular weight excluding hydrogens is 232 g/mol. The second-order valence-electron chi connectivity index (χ2n) is 4.62. The smallest absolute Gasteiger partial charge is 0.138 e. The molecular formula is C12H22N4S. The lowest BCUT2D eigenvalue weighted by molar-refractivity contribution is 0.466. The third-order valence-electron chi connectivity index (χ3n) is 3.28. The van der Waals surface area contributed by atoms with Gasteiger partial charge in [-0.15, -0.1) is 0 Å². The molecule has 0 aromatic carbocycles. The van der Waals surface area contributed by atoms with E-state index in [-0.39, 0.29) is 0 Å². The van der Waals surface area contributed by atoms with E-state index in [1.807, 2.05) is 11.7 Å². The van der Waals surface area contributed by atoms with Crippen molar-refractivity contribution in [2.24, 2.45) is 7.05 Å². The second-order valence-corrected chi connectivity index (χ2v) is 5.96. The minimum Gasteiger partial charge on any atom is -0.312 e. The van der Waals surface area contributed by atoms with Gasteiger partial charge in [0.15, 0.2) is 0 Å². The van der Waals surface area contributed by atoms with Crippen molar-refractivity contribution in [2.45, 2.75) is 43.9 Å². The Morgan fingerprint density at radius 3 is 3.12 bits per heavy atom. The van der Waals surface area contributed by atoms with Gasteiger partial charge in [-0.05, 0) is 31.6 Å². The molecule has 17 heavy (non-hydrogen) atoms. The van der Waals surface area contributed by atoms with Gasteiger partial charge in [-0.2, -0.15) is 16.9 Å². The summed E-state index contributed by atoms with van der Waals surface area (Å²) in [6, 6.07) is 0.547. The predicted octanol–water partition coefficient (Wildman–Crippen LogP) is 1.62. The van der Waals surface area contributed by atoms with Crippen LogP contribution < -0.4 is 5.32 Å². The van der Waals surface area contributed by atoms with Gasteiger partial charge in [-0.3, -0.25) is 4.68 Å². The number of thioether (sulfide) groups is 1. The van der Waals surface area contributed by atoms with Crippen LogP contribution in [0.25, 0.3) is 0 Å². The topological polar surface area (TPSA) is 42.7 Å². The standard InChI is InChI=1S/C12H22N4S/c1-3-6-13-10(11-5-4-7-17-11)8-12-14-9-15-16(12)2/h9-11,13H,3-8H2,1-2H3. The summed E-state index contributed by atoms with van der Waals surface area (Å²) in [7, 11) is 1.97. The largest absolute Gasteiger partial charge is 0.312 e. The Balaban J connectivity index is 1.97. The molecule has 1 N–H and O–H groups in total. The highest BCUT2D eigenvalue weighted by Gasteiger charge is 2.26. The number of hydrogen-bond donors (Lipinski definition) is 1. The van der Waals surface area contributed by atoms with Crippen molar-refractivity contribution in [2.75, 3.05) is 12.3 Å². The molecule has 0 radical (unpaired) electrons. The van der Waals surface area contributed by atoms with Gasteiger partial charge in [0.05, 0.1) is 0 Å². The Morgan fingerprint density at radius 1 is 1.65 bits per heavy atom. The molecule has 1 aliphatic heterocycles. The van der Waals surface area contributed by atoms with Gasteiger partial charge in [0.2, 0.25) is 0 Å². The van der Waals surface area contributed by atoms with Crippen LogP contribution >= 0.6 is 11.8 Å². The first kappa shape index (κ1) is 12.9. The third-order valence-corrected chi connectivity index (χ3v) is 4.79. The van der Waals surface area contributed by atoms with E-state index >= 15 is 0 Å². The van der Waals surface area contributed by atoms with E-state index in [9.17, 15) is 0 Å². The van der Waals surface area contributed by atoms with Crippen molar-refractivity contribution in [3.63, 3.8) is 0 Å². The Kier molecular flexibility index (Phi) is 4.86. The van der Waals surface area contributed by atoms with Crippen LogP contribution in [0.3, 0.4) is 0 Å². The van der Waals surface area contributed by atoms with Gasteiger partial charge < -0.3 is 5.32 Å². The van der Waals surface area contributed by atoms with Gasteiger partial charge >= 0.3 is 0 Å². The molecule has 0 saturated carbocycles. The Morgan fingerprint density at radius 2 is 2.53 bits per heavy atom. The summed E-state index contributed by atoms with van der Waals surface area (Å²) in [5.41, 5.74) is 0. The molecule has 0 aliphatic carbocycles. The summed E-state index contributed by atoms with van der Waals surface area (Å²) in [6.45, 7) is 3.31. The first-order valence-electron chi connectivity index (χ1n) is 6.49. The first-order valence-corrected chi connectivity index (χ1v) is 7.54. The summed E-state index contributed by atoms with van der Waals surface area (Å²) in [4.78, 5) is 4.34. The van der Waals surface area contributed by atoms with Crippen molar-refractivity contribution in [1.82, 2.24) is 20.1 Å². The lowest BCUT2D eigenvalue weighted by atomic mass is 10.1. The van der Waals surface area contributed by atoms with E-state index in [0.717, 1.165) is 24.0 Å². The molecule has 0 spiro atoms. The van der Waals surface area contributed by atoms with Gasteiger partial charge in [0, 0.05) is 24.8 Å². The lowest BCUT2D eigenvalue weighted by Crippen LogP contribution is -2.40. The molecule has 0 bridgehead atoms. The average Bonchev–Trinajstić information content (AvgIpc) is 2.96. The van der Waals surface area contributed by atoms with Crippen molar-refractivity contribution in [3.05, 3.63) is 12.2 Å². The second kappa shape index (κ2) is 6.40. The molecule has 1 saturated heterocycles. The van der Waals surface area contributed by atoms with Crippen LogP contribution in [0, 0.1) is 0 Å². The third kappa shape index (κ3) is 3.45. The summed E-state index contributed by atoms with van der Waals surface area (Å²) in [5, 5.41) is 8.57. The minimum atomic E-state index is 0.547. The lowest BCUT2D eigenvalue weighted by Gasteiger charge is -2.23. The monoisotopic (exact) mass is 254 g/mol. The van der Waals surface area contributed by atoms with E-state index in [0.29, 0.717) is 6.04 Å². The van der Waals surface area contributed by atoms with Crippen LogP contribution in [-0.4, -0.2) is 38.4 Å². The number of aryl methyl sites for hydroxylation is 1. The molecule has 2 atom stereocenters. The summed E-state index contributed by atoms with van der Waals surface area (Å²) in [5.74, 6) is 2.40. The molecule has 96 valence electrons. The summed E-state index contributed by atoms with van der Waals surface area (Å²) < 4.78 is 1.89. The quantitative estimate of drug-likeness (QED) is 0.838. The van der Waals surface area contributed by atoms with Gasteiger partial charge in [-0.25, -0.2) is 4.98 Å². The Labute approximate surface area is 108 Å². The number of hydrogen-bond acceptors (Lipinski definition) is 4. The molecule has 1 aliphatic rings. The zero-order valence-electron chi connectivity index (χ0n) is 10.7. The van der Waals surface area contributed by atoms with Crippen LogP contribution in [0.4, 0.5) is 0 Å². The van der Waals surface area contributed by atoms with Crippen molar-refractivity contribution >= 4 is 11.8 Å². The maximum atomic E-state index is 4.34. The number of nitrogens with zero attached hydrogens (tertiary/aromatic N) is 3. The van der Waals surface area contributed by atoms with Gasteiger partial charge in [0.25, 0.3) is 0 Å². The fourth-order valence-corrected chi connectivity index (χ4v) is 3.68. The highest BCUT2D eigenvalue weighted by atomic mass is 32.2. The van der Waals surface area contributed by atoms with Crippen molar-refractivity contribution < 1.29 is 0 Å². The molecule has 2 rings (SSSR count). The van der Waals surface area contributed by atoms with Gasteiger partial charge in [0.1, 0.15) is 12.2 Å². The molecule has 2 heterocycles. The molecule has 2 unspecified atom stereocenters. The van der Waals surface area contributed by atoms with Crippen LogP contribution in [-0.2, 0) is 13.5 Å². The highest BCUT2D eigenvalue weighted by molar-refractivity contribution is 8.00. The Hall–Kier alpha value is -0.550. The molecule has 1 fully saturated rings. The van der Waals surface area contributed by atoms with Crippen LogP contribution in [0.15, 0.2) is 6.33 Å². The molecule has 1 aromatic heterocycles. The van der Waals surface area contributed by atoms with E-state index < -0.39 is 0 Å². The molecule has 5 heteroatoms. The maximum absolute atomic E-state index is 4.34. The van der Waals surface area contributed by atoms with Crippen molar-refractivity contribution in [1.29, 1.82) is 0 Å². The minimum absolute atomic E-state index is 0.547. The van der Waals surface area contributed by atoms with E-state index in [2.05, 4.69) is 34.1 Å². The summed E-state index contributed by atoms with van der Waals surface area (Å²) >= 11 is 2.11. The molecule has 0 amide bonds. The number of rotatable bonds is 6. The van der Waals surface area contributed by atoms with E-state index in [1.165, 1.54) is 25.0 Å². The van der Waals surface area contributed by atoms with E-state index in [4.69, 9.17) is 0 Å². The zero-order valence-corrected chi connectivity index (χ0v) is 11.5. The number of nitrogens with one attached hydrogen (secondary N) is 1. The normalized spacial score (nSPS) is 21.9. The van der Waals surface area contributed by atoms with Crippen LogP contribution in [0.2, 0.25) is 0 Å². The molecule has 1 aromatic rings. The highest BCUT2D eigenvalue weighted by Crippen LogP contribution is 2.29. The fourth-order valence-electron chi connectivity index (χ4n) is 2.29. The van der Waals surface area contributed by atoms with Crippen molar-refractivity contribution in [3.8, 4) is 0 Å². The zero-order chi connectivity index (χ0) is 12.1. The summed E-state index contributed by atoms with van der Waals surface area (Å²) in [6.07, 6.45) is 6.53.